The molecular weight excluding hydrogens is 414 g/mol. The van der Waals surface area contributed by atoms with Gasteiger partial charge in [0.15, 0.2) is 0 Å². The molecule has 1 amide bonds. The molecule has 1 aromatic heterocycles. The minimum Gasteiger partial charge on any atom is -0.325 e. The molecule has 0 radical (unpaired) electrons. The predicted octanol–water partition coefficient (Wildman–Crippen LogP) is 3.99. The van der Waals surface area contributed by atoms with Crippen LogP contribution in [0, 0.1) is 11.3 Å². The van der Waals surface area contributed by atoms with Crippen molar-refractivity contribution in [2.24, 2.45) is 0 Å². The van der Waals surface area contributed by atoms with Gasteiger partial charge in [-0.15, -0.1) is 0 Å². The van der Waals surface area contributed by atoms with Crippen LogP contribution in [-0.4, -0.2) is 29.2 Å². The van der Waals surface area contributed by atoms with Gasteiger partial charge >= 0.3 is 12.4 Å². The zero-order valence-electron chi connectivity index (χ0n) is 15.1. The first kappa shape index (κ1) is 21.6. The zero-order chi connectivity index (χ0) is 22.1. The van der Waals surface area contributed by atoms with E-state index >= 15 is 0 Å². The summed E-state index contributed by atoms with van der Waals surface area (Å²) in [5.74, 6) is -2.19. The molecule has 30 heavy (non-hydrogen) atoms. The van der Waals surface area contributed by atoms with Crippen molar-refractivity contribution in [1.29, 1.82) is 5.26 Å². The number of amides is 1. The quantitative estimate of drug-likeness (QED) is 0.725. The van der Waals surface area contributed by atoms with Gasteiger partial charge in [-0.25, -0.2) is 0 Å². The van der Waals surface area contributed by atoms with E-state index in [1.807, 2.05) is 0 Å². The normalized spacial score (nSPS) is 21.8. The molecule has 0 aliphatic carbocycles. The van der Waals surface area contributed by atoms with E-state index in [2.05, 4.69) is 15.6 Å². The molecule has 0 spiro atoms. The maximum Gasteiger partial charge on any atom is 0.417 e. The van der Waals surface area contributed by atoms with Gasteiger partial charge in [-0.05, 0) is 36.2 Å². The Bertz CT molecular complexity index is 968. The number of anilines is 1. The minimum absolute atomic E-state index is 0.254. The lowest BCUT2D eigenvalue weighted by atomic mass is 9.88. The lowest BCUT2D eigenvalue weighted by Gasteiger charge is -2.23. The van der Waals surface area contributed by atoms with Crippen LogP contribution in [0.2, 0.25) is 0 Å². The van der Waals surface area contributed by atoms with Gasteiger partial charge in [0, 0.05) is 24.0 Å². The van der Waals surface area contributed by atoms with Gasteiger partial charge in [-0.2, -0.15) is 31.6 Å². The van der Waals surface area contributed by atoms with Crippen molar-refractivity contribution in [1.82, 2.24) is 10.3 Å². The van der Waals surface area contributed by atoms with Gasteiger partial charge in [0.25, 0.3) is 0 Å². The molecule has 1 fully saturated rings. The Balaban J connectivity index is 1.91. The van der Waals surface area contributed by atoms with Crippen LogP contribution in [0.15, 0.2) is 42.7 Å². The maximum absolute atomic E-state index is 13.6. The van der Waals surface area contributed by atoms with Crippen LogP contribution in [0.1, 0.15) is 29.0 Å². The monoisotopic (exact) mass is 428 g/mol. The largest absolute Gasteiger partial charge is 0.417 e. The molecule has 3 atom stereocenters. The number of nitriles is 1. The Morgan fingerprint density at radius 1 is 1.13 bits per heavy atom. The van der Waals surface area contributed by atoms with Crippen LogP contribution in [-0.2, 0) is 11.0 Å². The second kappa shape index (κ2) is 7.95. The van der Waals surface area contributed by atoms with Crippen molar-refractivity contribution in [3.05, 3.63) is 59.4 Å². The summed E-state index contributed by atoms with van der Waals surface area (Å²) in [5, 5.41) is 13.5. The van der Waals surface area contributed by atoms with Gasteiger partial charge in [-0.1, -0.05) is 6.07 Å². The summed E-state index contributed by atoms with van der Waals surface area (Å²) in [6.07, 6.45) is -7.31. The number of halogens is 6. The summed E-state index contributed by atoms with van der Waals surface area (Å²) in [6.45, 7) is 0. The van der Waals surface area contributed by atoms with Crippen molar-refractivity contribution in [3.63, 3.8) is 0 Å². The summed E-state index contributed by atoms with van der Waals surface area (Å²) >= 11 is 0. The minimum atomic E-state index is -4.90. The first-order chi connectivity index (χ1) is 14.0. The summed E-state index contributed by atoms with van der Waals surface area (Å²) in [5.41, 5.74) is -1.93. The first-order valence-electron chi connectivity index (χ1n) is 8.65. The molecule has 2 heterocycles. The fourth-order valence-corrected chi connectivity index (χ4v) is 3.41. The number of nitrogens with zero attached hydrogens (tertiary/aromatic N) is 2. The highest BCUT2D eigenvalue weighted by Crippen LogP contribution is 2.42. The Hall–Kier alpha value is -3.13. The number of alkyl halides is 6. The fraction of sp³-hybridized carbons (Fsp3) is 0.316. The zero-order valence-corrected chi connectivity index (χ0v) is 15.1. The van der Waals surface area contributed by atoms with Gasteiger partial charge in [-0.3, -0.25) is 15.1 Å². The molecule has 1 unspecified atom stereocenters. The number of carbonyl (C=O) groups is 1. The molecule has 5 nitrogen and oxygen atoms in total. The number of hydrogen-bond acceptors (Lipinski definition) is 4. The number of nitrogens with one attached hydrogen (secondary N) is 2. The lowest BCUT2D eigenvalue weighted by Crippen LogP contribution is -2.46. The molecule has 1 saturated heterocycles. The van der Waals surface area contributed by atoms with E-state index in [0.29, 0.717) is 11.8 Å². The van der Waals surface area contributed by atoms with Crippen molar-refractivity contribution in [2.45, 2.75) is 36.8 Å². The SMILES string of the molecule is N#Cc1ccc(C2C[C@@H](C(=O)Nc3ccncc3)N[C@H]2C(F)(F)F)cc1C(F)(F)F. The Kier molecular flexibility index (Phi) is 5.72. The molecule has 2 aromatic rings. The number of benzene rings is 1. The fourth-order valence-electron chi connectivity index (χ4n) is 3.41. The van der Waals surface area contributed by atoms with Gasteiger partial charge in [0.05, 0.1) is 23.2 Å². The van der Waals surface area contributed by atoms with Crippen LogP contribution in [0.25, 0.3) is 0 Å². The van der Waals surface area contributed by atoms with Crippen LogP contribution < -0.4 is 10.6 Å². The van der Waals surface area contributed by atoms with E-state index in [1.54, 1.807) is 0 Å². The van der Waals surface area contributed by atoms with E-state index in [9.17, 15) is 31.1 Å². The molecule has 1 aliphatic heterocycles. The third-order valence-electron chi connectivity index (χ3n) is 4.79. The summed E-state index contributed by atoms with van der Waals surface area (Å²) in [6, 6.07) is 3.23. The Morgan fingerprint density at radius 3 is 2.37 bits per heavy atom. The number of hydrogen-bond donors (Lipinski definition) is 2. The van der Waals surface area contributed by atoms with E-state index in [0.717, 1.165) is 12.1 Å². The van der Waals surface area contributed by atoms with Crippen molar-refractivity contribution < 1.29 is 31.1 Å². The van der Waals surface area contributed by atoms with Crippen LogP contribution >= 0.6 is 0 Å². The maximum atomic E-state index is 13.6. The average molecular weight is 428 g/mol. The van der Waals surface area contributed by atoms with E-state index in [4.69, 9.17) is 5.26 Å². The highest BCUT2D eigenvalue weighted by atomic mass is 19.4. The Labute approximate surface area is 166 Å². The predicted molar refractivity (Wildman–Crippen MR) is 93.2 cm³/mol. The third kappa shape index (κ3) is 4.54. The molecule has 158 valence electrons. The van der Waals surface area contributed by atoms with Gasteiger partial charge in [0.2, 0.25) is 5.91 Å². The standard InChI is InChI=1S/C19H14F6N4O/c20-18(21,22)14-7-10(1-2-11(14)9-26)13-8-15(29-16(13)19(23,24)25)17(30)28-12-3-5-27-6-4-12/h1-7,13,15-16,29H,8H2,(H,27,28,30)/t13?,15-,16+/m0/s1. The van der Waals surface area contributed by atoms with E-state index < -0.39 is 47.4 Å². The topological polar surface area (TPSA) is 77.8 Å². The molecule has 3 rings (SSSR count). The van der Waals surface area contributed by atoms with Crippen LogP contribution in [0.5, 0.6) is 0 Å². The van der Waals surface area contributed by atoms with Gasteiger partial charge < -0.3 is 5.32 Å². The number of aromatic nitrogens is 1. The van der Waals surface area contributed by atoms with E-state index in [-0.39, 0.29) is 12.0 Å². The molecule has 0 bridgehead atoms. The molecule has 0 saturated carbocycles. The lowest BCUT2D eigenvalue weighted by molar-refractivity contribution is -0.156. The average Bonchev–Trinajstić information content (AvgIpc) is 3.14. The van der Waals surface area contributed by atoms with E-state index in [1.165, 1.54) is 30.6 Å². The highest BCUT2D eigenvalue weighted by molar-refractivity contribution is 5.95. The van der Waals surface area contributed by atoms with Crippen LogP contribution in [0.4, 0.5) is 32.0 Å². The molecule has 1 aromatic carbocycles. The molecule has 11 heteroatoms. The summed E-state index contributed by atoms with van der Waals surface area (Å²) < 4.78 is 80.4. The molecule has 2 N–H and O–H groups in total. The Morgan fingerprint density at radius 2 is 1.80 bits per heavy atom. The number of carbonyl (C=O) groups excluding carboxylic acids is 1. The molecular formula is C19H14F6N4O. The summed E-state index contributed by atoms with van der Waals surface area (Å²) in [4.78, 5) is 16.2. The smallest absolute Gasteiger partial charge is 0.325 e. The van der Waals surface area contributed by atoms with Gasteiger partial charge in [0.1, 0.15) is 6.04 Å². The van der Waals surface area contributed by atoms with Crippen molar-refractivity contribution in [2.75, 3.05) is 5.32 Å². The van der Waals surface area contributed by atoms with Crippen molar-refractivity contribution in [3.8, 4) is 6.07 Å². The summed E-state index contributed by atoms with van der Waals surface area (Å²) in [7, 11) is 0. The number of rotatable bonds is 3. The second-order valence-electron chi connectivity index (χ2n) is 6.72. The second-order valence-corrected chi connectivity index (χ2v) is 6.72. The third-order valence-corrected chi connectivity index (χ3v) is 4.79. The highest BCUT2D eigenvalue weighted by Gasteiger charge is 2.52. The van der Waals surface area contributed by atoms with Crippen LogP contribution in [0.3, 0.4) is 0 Å². The molecule has 1 aliphatic rings. The number of pyridine rings is 1. The van der Waals surface area contributed by atoms with Crippen molar-refractivity contribution >= 4 is 11.6 Å². The first-order valence-corrected chi connectivity index (χ1v) is 8.65.